The van der Waals surface area contributed by atoms with Crippen molar-refractivity contribution in [2.75, 3.05) is 6.54 Å². The maximum absolute atomic E-state index is 11.5. The summed E-state index contributed by atoms with van der Waals surface area (Å²) in [6.45, 7) is 5.28. The zero-order valence-electron chi connectivity index (χ0n) is 11.4. The van der Waals surface area contributed by atoms with Crippen molar-refractivity contribution in [1.29, 1.82) is 0 Å². The van der Waals surface area contributed by atoms with Gasteiger partial charge in [0.1, 0.15) is 0 Å². The highest BCUT2D eigenvalue weighted by Crippen LogP contribution is 2.18. The van der Waals surface area contributed by atoms with Crippen LogP contribution in [0.25, 0.3) is 0 Å². The standard InChI is InChI=1S/C14H28N2O/c1-3-5-7-12(6-4-2)15-11-10-14(17)16-13-8-9-13/h12-13,15H,3-11H2,1-2H3,(H,16,17). The number of carbonyl (C=O) groups excluding carboxylic acids is 1. The van der Waals surface area contributed by atoms with Gasteiger partial charge in [-0.15, -0.1) is 0 Å². The topological polar surface area (TPSA) is 41.1 Å². The average Bonchev–Trinajstić information content (AvgIpc) is 3.09. The molecule has 0 aromatic rings. The van der Waals surface area contributed by atoms with Gasteiger partial charge in [0.15, 0.2) is 0 Å². The van der Waals surface area contributed by atoms with Gasteiger partial charge in [-0.1, -0.05) is 33.1 Å². The molecule has 1 aliphatic rings. The van der Waals surface area contributed by atoms with Crippen molar-refractivity contribution in [2.45, 2.75) is 77.3 Å². The number of rotatable bonds is 10. The van der Waals surface area contributed by atoms with Gasteiger partial charge in [0, 0.05) is 25.0 Å². The van der Waals surface area contributed by atoms with E-state index in [1.54, 1.807) is 0 Å². The molecule has 0 aromatic carbocycles. The summed E-state index contributed by atoms with van der Waals surface area (Å²) in [4.78, 5) is 11.5. The van der Waals surface area contributed by atoms with E-state index >= 15 is 0 Å². The van der Waals surface area contributed by atoms with Crippen LogP contribution in [0.4, 0.5) is 0 Å². The van der Waals surface area contributed by atoms with Crippen LogP contribution in [0.15, 0.2) is 0 Å². The zero-order valence-corrected chi connectivity index (χ0v) is 11.4. The van der Waals surface area contributed by atoms with Crippen molar-refractivity contribution < 1.29 is 4.79 Å². The highest BCUT2D eigenvalue weighted by Gasteiger charge is 2.22. The molecular weight excluding hydrogens is 212 g/mol. The molecule has 1 rings (SSSR count). The van der Waals surface area contributed by atoms with E-state index < -0.39 is 0 Å². The van der Waals surface area contributed by atoms with E-state index in [4.69, 9.17) is 0 Å². The Hall–Kier alpha value is -0.570. The van der Waals surface area contributed by atoms with Gasteiger partial charge in [-0.25, -0.2) is 0 Å². The third kappa shape index (κ3) is 7.37. The Kier molecular flexibility index (Phi) is 7.25. The first-order chi connectivity index (χ1) is 8.26. The van der Waals surface area contributed by atoms with Crippen LogP contribution in [0.1, 0.15) is 65.2 Å². The first-order valence-corrected chi connectivity index (χ1v) is 7.29. The van der Waals surface area contributed by atoms with E-state index in [-0.39, 0.29) is 5.91 Å². The maximum atomic E-state index is 11.5. The van der Waals surface area contributed by atoms with E-state index in [9.17, 15) is 4.79 Å². The van der Waals surface area contributed by atoms with Gasteiger partial charge in [0.05, 0.1) is 0 Å². The van der Waals surface area contributed by atoms with Crippen LogP contribution in [0.5, 0.6) is 0 Å². The predicted octanol–water partition coefficient (Wildman–Crippen LogP) is 2.60. The summed E-state index contributed by atoms with van der Waals surface area (Å²) in [5, 5.41) is 6.54. The summed E-state index contributed by atoms with van der Waals surface area (Å²) >= 11 is 0. The Labute approximate surface area is 106 Å². The summed E-state index contributed by atoms with van der Waals surface area (Å²) < 4.78 is 0. The molecule has 17 heavy (non-hydrogen) atoms. The molecule has 0 aromatic heterocycles. The van der Waals surface area contributed by atoms with Gasteiger partial charge < -0.3 is 10.6 Å². The molecule has 0 bridgehead atoms. The van der Waals surface area contributed by atoms with Crippen LogP contribution < -0.4 is 10.6 Å². The first-order valence-electron chi connectivity index (χ1n) is 7.29. The number of amides is 1. The quantitative estimate of drug-likeness (QED) is 0.616. The molecule has 0 spiro atoms. The number of nitrogens with one attached hydrogen (secondary N) is 2. The number of carbonyl (C=O) groups is 1. The molecule has 1 saturated carbocycles. The summed E-state index contributed by atoms with van der Waals surface area (Å²) in [6, 6.07) is 1.10. The van der Waals surface area contributed by atoms with Gasteiger partial charge in [0.25, 0.3) is 0 Å². The lowest BCUT2D eigenvalue weighted by atomic mass is 10.1. The third-order valence-corrected chi connectivity index (χ3v) is 3.27. The second-order valence-electron chi connectivity index (χ2n) is 5.17. The fourth-order valence-corrected chi connectivity index (χ4v) is 2.06. The fourth-order valence-electron chi connectivity index (χ4n) is 2.06. The van der Waals surface area contributed by atoms with Gasteiger partial charge in [-0.05, 0) is 25.7 Å². The van der Waals surface area contributed by atoms with Crippen molar-refractivity contribution in [3.8, 4) is 0 Å². The number of hydrogen-bond donors (Lipinski definition) is 2. The minimum atomic E-state index is 0.214. The molecule has 3 heteroatoms. The third-order valence-electron chi connectivity index (χ3n) is 3.27. The smallest absolute Gasteiger partial charge is 0.221 e. The van der Waals surface area contributed by atoms with Crippen molar-refractivity contribution in [1.82, 2.24) is 10.6 Å². The van der Waals surface area contributed by atoms with Gasteiger partial charge in [-0.2, -0.15) is 0 Å². The van der Waals surface area contributed by atoms with Crippen LogP contribution in [0.3, 0.4) is 0 Å². The van der Waals surface area contributed by atoms with Crippen LogP contribution in [-0.2, 0) is 4.79 Å². The Morgan fingerprint density at radius 3 is 2.59 bits per heavy atom. The molecule has 1 atom stereocenters. The van der Waals surface area contributed by atoms with E-state index in [1.807, 2.05) is 0 Å². The van der Waals surface area contributed by atoms with Crippen molar-refractivity contribution in [3.63, 3.8) is 0 Å². The van der Waals surface area contributed by atoms with Gasteiger partial charge in [-0.3, -0.25) is 4.79 Å². The van der Waals surface area contributed by atoms with Crippen LogP contribution in [0.2, 0.25) is 0 Å². The molecular formula is C14H28N2O. The molecule has 1 amide bonds. The monoisotopic (exact) mass is 240 g/mol. The summed E-state index contributed by atoms with van der Waals surface area (Å²) in [6.07, 6.45) is 9.20. The van der Waals surface area contributed by atoms with E-state index in [2.05, 4.69) is 24.5 Å². The maximum Gasteiger partial charge on any atom is 0.221 e. The minimum Gasteiger partial charge on any atom is -0.353 e. The van der Waals surface area contributed by atoms with Gasteiger partial charge >= 0.3 is 0 Å². The second-order valence-corrected chi connectivity index (χ2v) is 5.17. The van der Waals surface area contributed by atoms with Crippen LogP contribution >= 0.6 is 0 Å². The molecule has 1 aliphatic carbocycles. The Bertz CT molecular complexity index is 214. The largest absolute Gasteiger partial charge is 0.353 e. The number of hydrogen-bond acceptors (Lipinski definition) is 2. The molecule has 1 unspecified atom stereocenters. The molecule has 3 nitrogen and oxygen atoms in total. The lowest BCUT2D eigenvalue weighted by molar-refractivity contribution is -0.121. The Morgan fingerprint density at radius 1 is 1.24 bits per heavy atom. The van der Waals surface area contributed by atoms with Crippen molar-refractivity contribution in [2.24, 2.45) is 0 Å². The molecule has 1 fully saturated rings. The minimum absolute atomic E-state index is 0.214. The van der Waals surface area contributed by atoms with Crippen LogP contribution in [0, 0.1) is 0 Å². The first kappa shape index (κ1) is 14.5. The van der Waals surface area contributed by atoms with Crippen LogP contribution in [-0.4, -0.2) is 24.5 Å². The van der Waals surface area contributed by atoms with E-state index in [0.29, 0.717) is 18.5 Å². The highest BCUT2D eigenvalue weighted by molar-refractivity contribution is 5.76. The lowest BCUT2D eigenvalue weighted by Gasteiger charge is -2.17. The molecule has 0 radical (unpaired) electrons. The van der Waals surface area contributed by atoms with E-state index in [1.165, 1.54) is 44.9 Å². The fraction of sp³-hybridized carbons (Fsp3) is 0.929. The predicted molar refractivity (Wildman–Crippen MR) is 72.0 cm³/mol. The molecule has 100 valence electrons. The van der Waals surface area contributed by atoms with E-state index in [0.717, 1.165) is 6.54 Å². The van der Waals surface area contributed by atoms with Crippen molar-refractivity contribution >= 4 is 5.91 Å². The summed E-state index contributed by atoms with van der Waals surface area (Å²) in [7, 11) is 0. The second kappa shape index (κ2) is 8.51. The van der Waals surface area contributed by atoms with Gasteiger partial charge in [0.2, 0.25) is 5.91 Å². The molecule has 0 heterocycles. The number of unbranched alkanes of at least 4 members (excludes halogenated alkanes) is 1. The Morgan fingerprint density at radius 2 is 2.00 bits per heavy atom. The zero-order chi connectivity index (χ0) is 12.5. The average molecular weight is 240 g/mol. The SMILES string of the molecule is CCCCC(CCC)NCCC(=O)NC1CC1. The molecule has 2 N–H and O–H groups in total. The Balaban J connectivity index is 2.05. The summed E-state index contributed by atoms with van der Waals surface area (Å²) in [5.74, 6) is 0.214. The molecule has 0 saturated heterocycles. The normalized spacial score (nSPS) is 16.8. The lowest BCUT2D eigenvalue weighted by Crippen LogP contribution is -2.34. The van der Waals surface area contributed by atoms with Crippen molar-refractivity contribution in [3.05, 3.63) is 0 Å². The highest BCUT2D eigenvalue weighted by atomic mass is 16.1. The molecule has 0 aliphatic heterocycles. The summed E-state index contributed by atoms with van der Waals surface area (Å²) in [5.41, 5.74) is 0.